The van der Waals surface area contributed by atoms with E-state index in [4.69, 9.17) is 14.2 Å². The second-order valence-corrected chi connectivity index (χ2v) is 7.08. The van der Waals surface area contributed by atoms with Crippen molar-refractivity contribution in [3.8, 4) is 17.2 Å². The number of methoxy groups -OCH3 is 1. The fourth-order valence-electron chi connectivity index (χ4n) is 3.38. The molecule has 1 fully saturated rings. The zero-order chi connectivity index (χ0) is 20.8. The van der Waals surface area contributed by atoms with Gasteiger partial charge >= 0.3 is 0 Å². The molecule has 1 unspecified atom stereocenters. The predicted octanol–water partition coefficient (Wildman–Crippen LogP) is 4.08. The smallest absolute Gasteiger partial charge is 0.280 e. The minimum Gasteiger partial charge on any atom is -0.493 e. The summed E-state index contributed by atoms with van der Waals surface area (Å²) >= 11 is 0. The molecule has 0 spiro atoms. The number of anilines is 1. The van der Waals surface area contributed by atoms with Gasteiger partial charge in [-0.25, -0.2) is 4.68 Å². The summed E-state index contributed by atoms with van der Waals surface area (Å²) in [5, 5.41) is 7.31. The Morgan fingerprint density at radius 1 is 1.13 bits per heavy atom. The van der Waals surface area contributed by atoms with E-state index in [1.165, 1.54) is 7.11 Å². The van der Waals surface area contributed by atoms with Crippen LogP contribution in [-0.2, 0) is 4.74 Å². The van der Waals surface area contributed by atoms with E-state index in [-0.39, 0.29) is 17.7 Å². The molecule has 7 nitrogen and oxygen atoms in total. The first-order valence-electron chi connectivity index (χ1n) is 10.1. The van der Waals surface area contributed by atoms with Gasteiger partial charge in [0.05, 0.1) is 30.8 Å². The molecule has 0 bridgehead atoms. The Morgan fingerprint density at radius 3 is 2.70 bits per heavy atom. The summed E-state index contributed by atoms with van der Waals surface area (Å²) in [4.78, 5) is 12.9. The number of ether oxygens (including phenoxy) is 3. The normalized spacial score (nSPS) is 16.1. The van der Waals surface area contributed by atoms with E-state index in [1.807, 2.05) is 48.5 Å². The van der Waals surface area contributed by atoms with E-state index in [0.717, 1.165) is 31.6 Å². The average molecular weight is 407 g/mol. The Morgan fingerprint density at radius 2 is 1.93 bits per heavy atom. The maximum atomic E-state index is 12.9. The quantitative estimate of drug-likeness (QED) is 0.639. The van der Waals surface area contributed by atoms with Crippen LogP contribution in [0.25, 0.3) is 5.69 Å². The van der Waals surface area contributed by atoms with Gasteiger partial charge in [0.2, 0.25) is 0 Å². The van der Waals surface area contributed by atoms with E-state index in [1.54, 1.807) is 16.9 Å². The Hall–Kier alpha value is -3.32. The topological polar surface area (TPSA) is 74.6 Å². The lowest BCUT2D eigenvalue weighted by atomic mass is 10.1. The molecule has 1 N–H and O–H groups in total. The molecule has 0 aliphatic carbocycles. The van der Waals surface area contributed by atoms with Gasteiger partial charge in [-0.1, -0.05) is 30.3 Å². The molecule has 1 saturated heterocycles. The van der Waals surface area contributed by atoms with Gasteiger partial charge in [-0.2, -0.15) is 5.10 Å². The summed E-state index contributed by atoms with van der Waals surface area (Å²) in [6.45, 7) is 1.23. The van der Waals surface area contributed by atoms with Gasteiger partial charge in [-0.05, 0) is 43.5 Å². The van der Waals surface area contributed by atoms with Gasteiger partial charge in [0.25, 0.3) is 5.91 Å². The van der Waals surface area contributed by atoms with E-state index in [2.05, 4.69) is 10.4 Å². The second-order valence-electron chi connectivity index (χ2n) is 7.08. The molecule has 1 atom stereocenters. The van der Waals surface area contributed by atoms with Crippen LogP contribution in [0.4, 0.5) is 5.69 Å². The van der Waals surface area contributed by atoms with Gasteiger partial charge in [-0.15, -0.1) is 0 Å². The Kier molecular flexibility index (Phi) is 6.29. The number of aromatic nitrogens is 2. The van der Waals surface area contributed by atoms with Crippen molar-refractivity contribution >= 4 is 11.6 Å². The van der Waals surface area contributed by atoms with E-state index >= 15 is 0 Å². The summed E-state index contributed by atoms with van der Waals surface area (Å²) in [6.07, 6.45) is 5.01. The number of benzene rings is 2. The van der Waals surface area contributed by atoms with E-state index in [9.17, 15) is 4.79 Å². The monoisotopic (exact) mass is 407 g/mol. The molecule has 30 heavy (non-hydrogen) atoms. The van der Waals surface area contributed by atoms with Gasteiger partial charge in [0, 0.05) is 6.61 Å². The van der Waals surface area contributed by atoms with Crippen LogP contribution in [0.1, 0.15) is 29.8 Å². The molecule has 4 rings (SSSR count). The van der Waals surface area contributed by atoms with Crippen molar-refractivity contribution in [2.75, 3.05) is 25.6 Å². The number of nitrogens with one attached hydrogen (secondary N) is 1. The summed E-state index contributed by atoms with van der Waals surface area (Å²) in [7, 11) is 1.52. The fourth-order valence-corrected chi connectivity index (χ4v) is 3.38. The minimum atomic E-state index is -0.369. The van der Waals surface area contributed by atoms with Gasteiger partial charge in [0.1, 0.15) is 12.4 Å². The van der Waals surface area contributed by atoms with Crippen LogP contribution in [-0.4, -0.2) is 42.1 Å². The zero-order valence-electron chi connectivity index (χ0n) is 16.9. The van der Waals surface area contributed by atoms with Crippen LogP contribution in [0, 0.1) is 0 Å². The highest BCUT2D eigenvalue weighted by molar-refractivity contribution is 6.05. The highest BCUT2D eigenvalue weighted by Gasteiger charge is 2.20. The molecule has 3 aromatic rings. The van der Waals surface area contributed by atoms with Crippen molar-refractivity contribution in [2.45, 2.75) is 25.4 Å². The van der Waals surface area contributed by atoms with Gasteiger partial charge in [-0.3, -0.25) is 4.79 Å². The first-order chi connectivity index (χ1) is 14.7. The van der Waals surface area contributed by atoms with Crippen molar-refractivity contribution in [3.05, 3.63) is 66.5 Å². The van der Waals surface area contributed by atoms with Crippen molar-refractivity contribution < 1.29 is 19.0 Å². The lowest BCUT2D eigenvalue weighted by Gasteiger charge is -2.23. The zero-order valence-corrected chi connectivity index (χ0v) is 16.9. The fraction of sp³-hybridized carbons (Fsp3) is 0.304. The predicted molar refractivity (Wildman–Crippen MR) is 114 cm³/mol. The molecule has 156 valence electrons. The van der Waals surface area contributed by atoms with Crippen molar-refractivity contribution in [1.29, 1.82) is 0 Å². The molecule has 1 amide bonds. The third-order valence-electron chi connectivity index (χ3n) is 4.97. The number of rotatable bonds is 7. The molecule has 0 radical (unpaired) electrons. The molecular weight excluding hydrogens is 382 g/mol. The molecule has 2 aromatic carbocycles. The molecule has 1 aliphatic rings. The van der Waals surface area contributed by atoms with Crippen LogP contribution in [0.3, 0.4) is 0 Å². The first kappa shape index (κ1) is 20.0. The molecule has 1 aromatic heterocycles. The van der Waals surface area contributed by atoms with E-state index in [0.29, 0.717) is 23.8 Å². The van der Waals surface area contributed by atoms with Gasteiger partial charge < -0.3 is 19.5 Å². The average Bonchev–Trinajstić information content (AvgIpc) is 3.25. The molecule has 1 aliphatic heterocycles. The SMILES string of the molecule is COc1cn(-c2ccccc2)nc1C(=O)Nc1ccccc1OCC1CCCCO1. The largest absolute Gasteiger partial charge is 0.493 e. The van der Waals surface area contributed by atoms with Crippen LogP contribution >= 0.6 is 0 Å². The Balaban J connectivity index is 1.49. The number of hydrogen-bond acceptors (Lipinski definition) is 5. The lowest BCUT2D eigenvalue weighted by molar-refractivity contribution is -0.0109. The van der Waals surface area contributed by atoms with Gasteiger partial charge in [0.15, 0.2) is 11.4 Å². The van der Waals surface area contributed by atoms with Crippen LogP contribution in [0.2, 0.25) is 0 Å². The number of para-hydroxylation sites is 3. The molecule has 2 heterocycles. The molecule has 0 saturated carbocycles. The maximum absolute atomic E-state index is 12.9. The second kappa shape index (κ2) is 9.45. The number of hydrogen-bond donors (Lipinski definition) is 1. The summed E-state index contributed by atoms with van der Waals surface area (Å²) in [5.74, 6) is 0.623. The van der Waals surface area contributed by atoms with Crippen LogP contribution in [0.15, 0.2) is 60.8 Å². The number of nitrogens with zero attached hydrogens (tertiary/aromatic N) is 2. The Labute approximate surface area is 175 Å². The van der Waals surface area contributed by atoms with Crippen molar-refractivity contribution in [3.63, 3.8) is 0 Å². The molecular formula is C23H25N3O4. The highest BCUT2D eigenvalue weighted by Crippen LogP contribution is 2.27. The first-order valence-corrected chi connectivity index (χ1v) is 10.1. The maximum Gasteiger partial charge on any atom is 0.280 e. The Bertz CT molecular complexity index is 981. The standard InChI is InChI=1S/C23H25N3O4/c1-28-21-15-26(17-9-3-2-4-10-17)25-22(21)23(27)24-19-12-5-6-13-20(19)30-16-18-11-7-8-14-29-18/h2-6,9-10,12-13,15,18H,7-8,11,14,16H2,1H3,(H,24,27). The molecule has 7 heteroatoms. The number of amides is 1. The summed E-state index contributed by atoms with van der Waals surface area (Å²) in [5.41, 5.74) is 1.62. The summed E-state index contributed by atoms with van der Waals surface area (Å²) in [6, 6.07) is 16.9. The third-order valence-corrected chi connectivity index (χ3v) is 4.97. The van der Waals surface area contributed by atoms with Crippen LogP contribution in [0.5, 0.6) is 11.5 Å². The number of carbonyl (C=O) groups excluding carboxylic acids is 1. The third kappa shape index (κ3) is 4.63. The van der Waals surface area contributed by atoms with Crippen molar-refractivity contribution in [2.24, 2.45) is 0 Å². The van der Waals surface area contributed by atoms with Crippen LogP contribution < -0.4 is 14.8 Å². The summed E-state index contributed by atoms with van der Waals surface area (Å²) < 4.78 is 18.7. The van der Waals surface area contributed by atoms with Crippen molar-refractivity contribution in [1.82, 2.24) is 9.78 Å². The number of carbonyl (C=O) groups is 1. The minimum absolute atomic E-state index is 0.0872. The van der Waals surface area contributed by atoms with E-state index < -0.39 is 0 Å². The highest BCUT2D eigenvalue weighted by atomic mass is 16.5. The lowest BCUT2D eigenvalue weighted by Crippen LogP contribution is -2.26.